The molecule has 1 aromatic carbocycles. The van der Waals surface area contributed by atoms with Gasteiger partial charge in [0, 0.05) is 17.0 Å². The average Bonchev–Trinajstić information content (AvgIpc) is 2.57. The van der Waals surface area contributed by atoms with Crippen molar-refractivity contribution in [2.24, 2.45) is 0 Å². The fourth-order valence-electron chi connectivity index (χ4n) is 1.68. The van der Waals surface area contributed by atoms with Gasteiger partial charge in [0.2, 0.25) is 0 Å². The molecule has 0 saturated carbocycles. The van der Waals surface area contributed by atoms with Gasteiger partial charge in [0.1, 0.15) is 11.8 Å². The van der Waals surface area contributed by atoms with Crippen LogP contribution < -0.4 is 0 Å². The molecule has 0 spiro atoms. The van der Waals surface area contributed by atoms with Crippen molar-refractivity contribution in [1.29, 1.82) is 5.26 Å². The molecule has 2 nitrogen and oxygen atoms in total. The van der Waals surface area contributed by atoms with E-state index in [1.807, 2.05) is 35.8 Å². The molecule has 0 radical (unpaired) electrons. The highest BCUT2D eigenvalue weighted by Gasteiger charge is 2.08. The van der Waals surface area contributed by atoms with E-state index in [2.05, 4.69) is 6.07 Å². The van der Waals surface area contributed by atoms with Crippen LogP contribution in [-0.4, -0.2) is 4.57 Å². The Balaban J connectivity index is 2.88. The minimum atomic E-state index is 0.663. The zero-order valence-corrected chi connectivity index (χ0v) is 8.54. The van der Waals surface area contributed by atoms with Crippen molar-refractivity contribution >= 4 is 22.5 Å². The smallest absolute Gasteiger partial charge is 0.121 e. The molecule has 0 aliphatic heterocycles. The maximum Gasteiger partial charge on any atom is 0.121 e. The number of hydrogen-bond acceptors (Lipinski definition) is 1. The highest BCUT2D eigenvalue weighted by atomic mass is 35.5. The number of benzene rings is 1. The van der Waals surface area contributed by atoms with Crippen molar-refractivity contribution in [3.63, 3.8) is 0 Å². The second kappa shape index (κ2) is 3.36. The average molecular weight is 205 g/mol. The Morgan fingerprint density at radius 1 is 1.50 bits per heavy atom. The standard InChI is InChI=1S/C11H9ClN2/c1-2-14-8(7-13)6-9-10(12)4-3-5-11(9)14/h3-6H,2H2,1H3. The molecule has 0 bridgehead atoms. The molecule has 0 saturated heterocycles. The van der Waals surface area contributed by atoms with Gasteiger partial charge in [0.05, 0.1) is 5.52 Å². The lowest BCUT2D eigenvalue weighted by molar-refractivity contribution is 0.786. The molecule has 0 aliphatic carbocycles. The topological polar surface area (TPSA) is 28.7 Å². The first-order valence-electron chi connectivity index (χ1n) is 4.45. The second-order valence-corrected chi connectivity index (χ2v) is 3.47. The van der Waals surface area contributed by atoms with Crippen LogP contribution in [0.3, 0.4) is 0 Å². The molecule has 0 fully saturated rings. The first-order chi connectivity index (χ1) is 6.77. The third-order valence-corrected chi connectivity index (χ3v) is 2.65. The summed E-state index contributed by atoms with van der Waals surface area (Å²) in [5, 5.41) is 10.6. The predicted octanol–water partition coefficient (Wildman–Crippen LogP) is 3.19. The van der Waals surface area contributed by atoms with Crippen LogP contribution in [0, 0.1) is 11.3 Å². The first kappa shape index (κ1) is 9.11. The number of fused-ring (bicyclic) bond motifs is 1. The van der Waals surface area contributed by atoms with Gasteiger partial charge in [-0.05, 0) is 25.1 Å². The number of aromatic nitrogens is 1. The number of aryl methyl sites for hydroxylation is 1. The van der Waals surface area contributed by atoms with Gasteiger partial charge < -0.3 is 4.57 Å². The third-order valence-electron chi connectivity index (χ3n) is 2.32. The van der Waals surface area contributed by atoms with E-state index in [0.717, 1.165) is 17.4 Å². The van der Waals surface area contributed by atoms with Crippen LogP contribution in [0.2, 0.25) is 5.02 Å². The molecule has 2 rings (SSSR count). The van der Waals surface area contributed by atoms with Crippen LogP contribution in [-0.2, 0) is 6.54 Å². The van der Waals surface area contributed by atoms with Crippen molar-refractivity contribution in [1.82, 2.24) is 4.57 Å². The van der Waals surface area contributed by atoms with Gasteiger partial charge in [-0.1, -0.05) is 17.7 Å². The van der Waals surface area contributed by atoms with Crippen molar-refractivity contribution in [3.8, 4) is 6.07 Å². The highest BCUT2D eigenvalue weighted by molar-refractivity contribution is 6.35. The number of rotatable bonds is 1. The number of hydrogen-bond donors (Lipinski definition) is 0. The summed E-state index contributed by atoms with van der Waals surface area (Å²) < 4.78 is 1.96. The molecule has 1 heterocycles. The van der Waals surface area contributed by atoms with E-state index in [4.69, 9.17) is 16.9 Å². The van der Waals surface area contributed by atoms with Crippen molar-refractivity contribution in [3.05, 3.63) is 35.0 Å². The Kier molecular flexibility index (Phi) is 2.18. The quantitative estimate of drug-likeness (QED) is 0.702. The van der Waals surface area contributed by atoms with E-state index in [9.17, 15) is 0 Å². The largest absolute Gasteiger partial charge is 0.333 e. The molecule has 0 atom stereocenters. The van der Waals surface area contributed by atoms with Gasteiger partial charge >= 0.3 is 0 Å². The Bertz CT molecular complexity index is 520. The lowest BCUT2D eigenvalue weighted by Gasteiger charge is -2.01. The summed E-state index contributed by atoms with van der Waals surface area (Å²) in [4.78, 5) is 0. The zero-order chi connectivity index (χ0) is 10.1. The van der Waals surface area contributed by atoms with Gasteiger partial charge in [-0.3, -0.25) is 0 Å². The van der Waals surface area contributed by atoms with Crippen LogP contribution in [0.1, 0.15) is 12.6 Å². The summed E-state index contributed by atoms with van der Waals surface area (Å²) in [6.45, 7) is 2.80. The van der Waals surface area contributed by atoms with Crippen LogP contribution in [0.5, 0.6) is 0 Å². The summed E-state index contributed by atoms with van der Waals surface area (Å²) in [5.41, 5.74) is 1.69. The van der Waals surface area contributed by atoms with Gasteiger partial charge in [0.25, 0.3) is 0 Å². The van der Waals surface area contributed by atoms with E-state index in [1.54, 1.807) is 0 Å². The minimum absolute atomic E-state index is 0.663. The molecule has 0 unspecified atom stereocenters. The van der Waals surface area contributed by atoms with Crippen LogP contribution >= 0.6 is 11.6 Å². The Morgan fingerprint density at radius 3 is 2.93 bits per heavy atom. The molecule has 1 aromatic heterocycles. The molecule has 0 amide bonds. The molecular weight excluding hydrogens is 196 g/mol. The molecule has 14 heavy (non-hydrogen) atoms. The normalized spacial score (nSPS) is 10.4. The van der Waals surface area contributed by atoms with E-state index < -0.39 is 0 Å². The maximum absolute atomic E-state index is 8.93. The van der Waals surface area contributed by atoms with E-state index in [0.29, 0.717) is 10.7 Å². The first-order valence-corrected chi connectivity index (χ1v) is 4.83. The van der Waals surface area contributed by atoms with E-state index in [1.165, 1.54) is 0 Å². The van der Waals surface area contributed by atoms with E-state index in [-0.39, 0.29) is 0 Å². The van der Waals surface area contributed by atoms with Crippen molar-refractivity contribution in [2.75, 3.05) is 0 Å². The Hall–Kier alpha value is -1.46. The lowest BCUT2D eigenvalue weighted by Crippen LogP contribution is -1.95. The predicted molar refractivity (Wildman–Crippen MR) is 57.3 cm³/mol. The summed E-state index contributed by atoms with van der Waals surface area (Å²) >= 11 is 6.03. The van der Waals surface area contributed by atoms with Gasteiger partial charge in [0.15, 0.2) is 0 Å². The number of nitriles is 1. The fourth-order valence-corrected chi connectivity index (χ4v) is 1.91. The monoisotopic (exact) mass is 204 g/mol. The molecule has 3 heteroatoms. The van der Waals surface area contributed by atoms with Crippen LogP contribution in [0.15, 0.2) is 24.3 Å². The summed E-state index contributed by atoms with van der Waals surface area (Å²) in [7, 11) is 0. The summed E-state index contributed by atoms with van der Waals surface area (Å²) in [5.74, 6) is 0. The zero-order valence-electron chi connectivity index (χ0n) is 7.79. The summed E-state index contributed by atoms with van der Waals surface area (Å²) in [6.07, 6.45) is 0. The molecule has 0 N–H and O–H groups in total. The molecule has 70 valence electrons. The fraction of sp³-hybridized carbons (Fsp3) is 0.182. The lowest BCUT2D eigenvalue weighted by atomic mass is 10.2. The number of nitrogens with zero attached hydrogens (tertiary/aromatic N) is 2. The van der Waals surface area contributed by atoms with Crippen molar-refractivity contribution in [2.45, 2.75) is 13.5 Å². The maximum atomic E-state index is 8.93. The minimum Gasteiger partial charge on any atom is -0.333 e. The Morgan fingerprint density at radius 2 is 2.29 bits per heavy atom. The van der Waals surface area contributed by atoms with Crippen LogP contribution in [0.25, 0.3) is 10.9 Å². The van der Waals surface area contributed by atoms with Gasteiger partial charge in [-0.25, -0.2) is 0 Å². The SMILES string of the molecule is CCn1c(C#N)cc2c(Cl)cccc21. The molecule has 2 aromatic rings. The number of halogens is 1. The second-order valence-electron chi connectivity index (χ2n) is 3.06. The van der Waals surface area contributed by atoms with Gasteiger partial charge in [-0.2, -0.15) is 5.26 Å². The van der Waals surface area contributed by atoms with E-state index >= 15 is 0 Å². The van der Waals surface area contributed by atoms with Crippen LogP contribution in [0.4, 0.5) is 0 Å². The van der Waals surface area contributed by atoms with Gasteiger partial charge in [-0.15, -0.1) is 0 Å². The Labute approximate surface area is 87.3 Å². The molecule has 0 aliphatic rings. The highest BCUT2D eigenvalue weighted by Crippen LogP contribution is 2.26. The third kappa shape index (κ3) is 1.18. The van der Waals surface area contributed by atoms with Crippen molar-refractivity contribution < 1.29 is 0 Å². The summed E-state index contributed by atoms with van der Waals surface area (Å²) in [6, 6.07) is 9.72. The molecular formula is C11H9ClN2.